The number of thioether (sulfide) groups is 1. The first-order valence-electron chi connectivity index (χ1n) is 6.78. The first-order chi connectivity index (χ1) is 10.4. The van der Waals surface area contributed by atoms with E-state index in [4.69, 9.17) is 4.74 Å². The van der Waals surface area contributed by atoms with E-state index >= 15 is 0 Å². The van der Waals surface area contributed by atoms with Gasteiger partial charge in [0.1, 0.15) is 0 Å². The van der Waals surface area contributed by atoms with E-state index in [1.165, 1.54) is 11.8 Å². The Kier molecular flexibility index (Phi) is 5.84. The molecule has 0 aromatic heterocycles. The molecular weight excluding hydrogens is 326 g/mol. The summed E-state index contributed by atoms with van der Waals surface area (Å²) in [6.07, 6.45) is 0.409. The zero-order chi connectivity index (χ0) is 16.0. The Bertz CT molecular complexity index is 630. The van der Waals surface area contributed by atoms with Crippen molar-refractivity contribution in [3.05, 3.63) is 30.3 Å². The highest BCUT2D eigenvalue weighted by Gasteiger charge is 2.28. The predicted molar refractivity (Wildman–Crippen MR) is 83.3 cm³/mol. The maximum absolute atomic E-state index is 11.6. The number of rotatable bonds is 6. The Morgan fingerprint density at radius 1 is 1.27 bits per heavy atom. The smallest absolute Gasteiger partial charge is 0.316 e. The summed E-state index contributed by atoms with van der Waals surface area (Å²) in [5.41, 5.74) is 0. The second-order valence-corrected chi connectivity index (χ2v) is 8.21. The van der Waals surface area contributed by atoms with Crippen LogP contribution in [0.5, 0.6) is 0 Å². The molecule has 1 N–H and O–H groups in total. The van der Waals surface area contributed by atoms with Crippen LogP contribution < -0.4 is 5.32 Å². The number of nitrogens with one attached hydrogen (secondary N) is 1. The number of sulfone groups is 1. The number of benzene rings is 1. The van der Waals surface area contributed by atoms with Gasteiger partial charge in [0.25, 0.3) is 5.91 Å². The van der Waals surface area contributed by atoms with Crippen LogP contribution in [0.25, 0.3) is 0 Å². The van der Waals surface area contributed by atoms with Crippen LogP contribution in [0.15, 0.2) is 35.2 Å². The molecule has 1 amide bonds. The van der Waals surface area contributed by atoms with E-state index in [0.29, 0.717) is 6.42 Å². The van der Waals surface area contributed by atoms with Gasteiger partial charge in [0.15, 0.2) is 16.4 Å². The number of esters is 1. The van der Waals surface area contributed by atoms with Gasteiger partial charge in [-0.3, -0.25) is 9.59 Å². The third-order valence-corrected chi connectivity index (χ3v) is 5.82. The number of ether oxygens (including phenoxy) is 1. The van der Waals surface area contributed by atoms with E-state index in [1.807, 2.05) is 30.3 Å². The molecule has 1 aliphatic rings. The molecule has 0 bridgehead atoms. The summed E-state index contributed by atoms with van der Waals surface area (Å²) in [6, 6.07) is 9.01. The van der Waals surface area contributed by atoms with Crippen LogP contribution in [0.3, 0.4) is 0 Å². The molecule has 0 saturated carbocycles. The van der Waals surface area contributed by atoms with Crippen LogP contribution in [0.4, 0.5) is 0 Å². The van der Waals surface area contributed by atoms with E-state index < -0.39 is 21.7 Å². The second kappa shape index (κ2) is 7.64. The molecule has 120 valence electrons. The van der Waals surface area contributed by atoms with Crippen molar-refractivity contribution in [2.75, 3.05) is 23.9 Å². The first-order valence-corrected chi connectivity index (χ1v) is 9.58. The summed E-state index contributed by atoms with van der Waals surface area (Å²) in [4.78, 5) is 24.1. The molecule has 1 aliphatic heterocycles. The van der Waals surface area contributed by atoms with Crippen molar-refractivity contribution >= 4 is 33.5 Å². The lowest BCUT2D eigenvalue weighted by molar-refractivity contribution is -0.146. The van der Waals surface area contributed by atoms with Crippen molar-refractivity contribution in [3.8, 4) is 0 Å². The lowest BCUT2D eigenvalue weighted by atomic mass is 10.2. The van der Waals surface area contributed by atoms with Crippen molar-refractivity contribution < 1.29 is 22.7 Å². The zero-order valence-corrected chi connectivity index (χ0v) is 13.5. The predicted octanol–water partition coefficient (Wildman–Crippen LogP) is 0.625. The summed E-state index contributed by atoms with van der Waals surface area (Å²) in [6.45, 7) is -0.384. The average Bonchev–Trinajstić information content (AvgIpc) is 2.83. The highest BCUT2D eigenvalue weighted by Crippen LogP contribution is 2.16. The molecule has 1 heterocycles. The lowest BCUT2D eigenvalue weighted by Crippen LogP contribution is -2.38. The van der Waals surface area contributed by atoms with Crippen molar-refractivity contribution in [1.82, 2.24) is 5.32 Å². The van der Waals surface area contributed by atoms with Gasteiger partial charge in [-0.2, -0.15) is 0 Å². The molecule has 8 heteroatoms. The minimum absolute atomic E-state index is 0.0451. The number of hydrogen-bond acceptors (Lipinski definition) is 6. The number of hydrogen-bond donors (Lipinski definition) is 1. The Morgan fingerprint density at radius 3 is 2.64 bits per heavy atom. The van der Waals surface area contributed by atoms with E-state index in [0.717, 1.165) is 4.90 Å². The average molecular weight is 343 g/mol. The molecule has 1 aromatic rings. The molecule has 1 atom stereocenters. The summed E-state index contributed by atoms with van der Waals surface area (Å²) in [7, 11) is -3.04. The Hall–Kier alpha value is -1.54. The van der Waals surface area contributed by atoms with Gasteiger partial charge in [0, 0.05) is 10.9 Å². The van der Waals surface area contributed by atoms with Crippen molar-refractivity contribution in [2.24, 2.45) is 0 Å². The van der Waals surface area contributed by atoms with E-state index in [9.17, 15) is 18.0 Å². The third-order valence-electron chi connectivity index (χ3n) is 3.06. The minimum atomic E-state index is -3.04. The van der Waals surface area contributed by atoms with E-state index in [2.05, 4.69) is 5.32 Å². The van der Waals surface area contributed by atoms with Crippen molar-refractivity contribution in [1.29, 1.82) is 0 Å². The molecule has 1 saturated heterocycles. The Labute approximate surface area is 133 Å². The second-order valence-electron chi connectivity index (χ2n) is 4.93. The SMILES string of the molecule is O=C(COC(=O)CSc1ccccc1)N[C@H]1CCS(=O)(=O)C1. The van der Waals surface area contributed by atoms with Crippen LogP contribution in [-0.4, -0.2) is 50.2 Å². The topological polar surface area (TPSA) is 89.5 Å². The van der Waals surface area contributed by atoms with Gasteiger partial charge in [-0.25, -0.2) is 8.42 Å². The molecule has 0 radical (unpaired) electrons. The zero-order valence-electron chi connectivity index (χ0n) is 11.9. The van der Waals surface area contributed by atoms with Crippen LogP contribution in [0.2, 0.25) is 0 Å². The number of carbonyl (C=O) groups is 2. The summed E-state index contributed by atoms with van der Waals surface area (Å²) < 4.78 is 27.4. The maximum Gasteiger partial charge on any atom is 0.316 e. The largest absolute Gasteiger partial charge is 0.455 e. The summed E-state index contributed by atoms with van der Waals surface area (Å²) in [5.74, 6) is -0.792. The van der Waals surface area contributed by atoms with Gasteiger partial charge in [0.05, 0.1) is 17.3 Å². The number of amides is 1. The van der Waals surface area contributed by atoms with Gasteiger partial charge in [-0.1, -0.05) is 18.2 Å². The fraction of sp³-hybridized carbons (Fsp3) is 0.429. The van der Waals surface area contributed by atoms with Gasteiger partial charge in [-0.05, 0) is 18.6 Å². The summed E-state index contributed by atoms with van der Waals surface area (Å²) in [5, 5.41) is 2.56. The number of carbonyl (C=O) groups excluding carboxylic acids is 2. The van der Waals surface area contributed by atoms with Gasteiger partial charge < -0.3 is 10.1 Å². The van der Waals surface area contributed by atoms with Gasteiger partial charge in [-0.15, -0.1) is 11.8 Å². The van der Waals surface area contributed by atoms with Crippen LogP contribution in [-0.2, 0) is 24.2 Å². The summed E-state index contributed by atoms with van der Waals surface area (Å²) >= 11 is 1.33. The Morgan fingerprint density at radius 2 is 2.00 bits per heavy atom. The molecule has 0 spiro atoms. The van der Waals surface area contributed by atoms with E-state index in [-0.39, 0.29) is 29.9 Å². The third kappa shape index (κ3) is 5.69. The monoisotopic (exact) mass is 343 g/mol. The maximum atomic E-state index is 11.6. The normalized spacial score (nSPS) is 19.5. The molecule has 22 heavy (non-hydrogen) atoms. The quantitative estimate of drug-likeness (QED) is 0.602. The molecular formula is C14H17NO5S2. The Balaban J connectivity index is 1.65. The molecule has 0 unspecified atom stereocenters. The highest BCUT2D eigenvalue weighted by atomic mass is 32.2. The van der Waals surface area contributed by atoms with Crippen LogP contribution >= 0.6 is 11.8 Å². The molecule has 2 rings (SSSR count). The van der Waals surface area contributed by atoms with Crippen LogP contribution in [0, 0.1) is 0 Å². The molecule has 6 nitrogen and oxygen atoms in total. The van der Waals surface area contributed by atoms with Crippen molar-refractivity contribution in [2.45, 2.75) is 17.4 Å². The fourth-order valence-corrected chi connectivity index (χ4v) is 4.42. The first kappa shape index (κ1) is 16.8. The highest BCUT2D eigenvalue weighted by molar-refractivity contribution is 8.00. The van der Waals surface area contributed by atoms with Gasteiger partial charge >= 0.3 is 5.97 Å². The minimum Gasteiger partial charge on any atom is -0.455 e. The van der Waals surface area contributed by atoms with Crippen molar-refractivity contribution in [3.63, 3.8) is 0 Å². The van der Waals surface area contributed by atoms with Gasteiger partial charge in [0.2, 0.25) is 0 Å². The molecule has 1 fully saturated rings. The lowest BCUT2D eigenvalue weighted by Gasteiger charge is -2.10. The van der Waals surface area contributed by atoms with Crippen LogP contribution in [0.1, 0.15) is 6.42 Å². The standard InChI is InChI=1S/C14H17NO5S2/c16-13(15-11-6-7-22(18,19)10-11)8-20-14(17)9-21-12-4-2-1-3-5-12/h1-5,11H,6-10H2,(H,15,16)/t11-/m0/s1. The molecule has 0 aliphatic carbocycles. The van der Waals surface area contributed by atoms with E-state index in [1.54, 1.807) is 0 Å². The molecule has 1 aromatic carbocycles. The fourth-order valence-electron chi connectivity index (χ4n) is 2.02.